The Balaban J connectivity index is 2.25. The lowest BCUT2D eigenvalue weighted by Gasteiger charge is -2.22. The largest absolute Gasteiger partial charge is 0.478 e. The van der Waals surface area contributed by atoms with Gasteiger partial charge in [-0.2, -0.15) is 0 Å². The van der Waals surface area contributed by atoms with Gasteiger partial charge in [-0.3, -0.25) is 4.79 Å². The molecule has 7 nitrogen and oxygen atoms in total. The van der Waals surface area contributed by atoms with Gasteiger partial charge in [0.05, 0.1) is 16.7 Å². The first-order chi connectivity index (χ1) is 8.83. The van der Waals surface area contributed by atoms with E-state index in [0.29, 0.717) is 25.3 Å². The van der Waals surface area contributed by atoms with Crippen LogP contribution in [-0.4, -0.2) is 35.1 Å². The van der Waals surface area contributed by atoms with Crippen LogP contribution >= 0.6 is 0 Å². The minimum atomic E-state index is -1.07. The van der Waals surface area contributed by atoms with Gasteiger partial charge in [0, 0.05) is 19.3 Å². The van der Waals surface area contributed by atoms with Crippen LogP contribution in [0.2, 0.25) is 0 Å². The van der Waals surface area contributed by atoms with Gasteiger partial charge in [0.2, 0.25) is 5.91 Å². The topological polar surface area (TPSA) is 123 Å². The molecule has 0 bridgehead atoms. The Labute approximate surface area is 110 Å². The van der Waals surface area contributed by atoms with Gasteiger partial charge in [-0.05, 0) is 19.4 Å². The van der Waals surface area contributed by atoms with Crippen molar-refractivity contribution in [1.82, 2.24) is 4.98 Å². The number of nitrogens with zero attached hydrogens (tertiary/aromatic N) is 2. The van der Waals surface area contributed by atoms with E-state index in [1.54, 1.807) is 6.92 Å². The van der Waals surface area contributed by atoms with Crippen LogP contribution in [0.1, 0.15) is 23.7 Å². The number of primary amides is 1. The summed E-state index contributed by atoms with van der Waals surface area (Å²) in [6.07, 6.45) is 1.89. The molecule has 0 aromatic carbocycles. The first-order valence-electron chi connectivity index (χ1n) is 5.87. The van der Waals surface area contributed by atoms with Crippen LogP contribution in [0.15, 0.2) is 12.3 Å². The van der Waals surface area contributed by atoms with Crippen molar-refractivity contribution < 1.29 is 14.7 Å². The molecule has 0 aliphatic carbocycles. The average Bonchev–Trinajstić information content (AvgIpc) is 2.73. The third-order valence-electron chi connectivity index (χ3n) is 3.51. The minimum absolute atomic E-state index is 0.0399. The smallest absolute Gasteiger partial charge is 0.337 e. The second-order valence-corrected chi connectivity index (χ2v) is 5.04. The number of hydrogen-bond donors (Lipinski definition) is 3. The summed E-state index contributed by atoms with van der Waals surface area (Å²) >= 11 is 0. The second kappa shape index (κ2) is 4.42. The molecule has 2 heterocycles. The Morgan fingerprint density at radius 2 is 2.21 bits per heavy atom. The van der Waals surface area contributed by atoms with Crippen LogP contribution in [0.4, 0.5) is 11.5 Å². The predicted octanol–water partition coefficient (Wildman–Crippen LogP) is 0.0637. The van der Waals surface area contributed by atoms with E-state index >= 15 is 0 Å². The normalized spacial score (nSPS) is 22.5. The average molecular weight is 264 g/mol. The molecule has 19 heavy (non-hydrogen) atoms. The molecule has 1 aliphatic rings. The summed E-state index contributed by atoms with van der Waals surface area (Å²) in [7, 11) is 0. The maximum absolute atomic E-state index is 11.4. The van der Waals surface area contributed by atoms with Crippen LogP contribution in [-0.2, 0) is 4.79 Å². The Morgan fingerprint density at radius 1 is 1.53 bits per heavy atom. The van der Waals surface area contributed by atoms with E-state index in [9.17, 15) is 9.59 Å². The van der Waals surface area contributed by atoms with E-state index in [4.69, 9.17) is 16.6 Å². The maximum Gasteiger partial charge on any atom is 0.337 e. The second-order valence-electron chi connectivity index (χ2n) is 5.04. The number of carbonyl (C=O) groups is 2. The number of amides is 1. The van der Waals surface area contributed by atoms with Gasteiger partial charge in [0.25, 0.3) is 0 Å². The van der Waals surface area contributed by atoms with Crippen LogP contribution in [0, 0.1) is 5.41 Å². The molecular weight excluding hydrogens is 248 g/mol. The number of anilines is 2. The molecule has 1 aromatic rings. The van der Waals surface area contributed by atoms with Crippen molar-refractivity contribution >= 4 is 23.4 Å². The van der Waals surface area contributed by atoms with Gasteiger partial charge >= 0.3 is 5.97 Å². The summed E-state index contributed by atoms with van der Waals surface area (Å²) in [5, 5.41) is 8.85. The lowest BCUT2D eigenvalue weighted by atomic mass is 9.89. The van der Waals surface area contributed by atoms with Crippen molar-refractivity contribution in [2.75, 3.05) is 23.7 Å². The molecule has 1 fully saturated rings. The summed E-state index contributed by atoms with van der Waals surface area (Å²) < 4.78 is 0. The molecule has 0 saturated carbocycles. The Bertz CT molecular complexity index is 546. The fourth-order valence-corrected chi connectivity index (χ4v) is 2.20. The van der Waals surface area contributed by atoms with E-state index < -0.39 is 11.4 Å². The SMILES string of the molecule is CC1(C(N)=O)CCN(c2ncc(C(=O)O)cc2N)C1. The number of hydrogen-bond acceptors (Lipinski definition) is 5. The molecule has 2 rings (SSSR count). The number of nitrogen functional groups attached to an aromatic ring is 1. The third kappa shape index (κ3) is 2.31. The van der Waals surface area contributed by atoms with Gasteiger partial charge in [-0.25, -0.2) is 9.78 Å². The molecule has 1 unspecified atom stereocenters. The molecule has 1 aromatic heterocycles. The third-order valence-corrected chi connectivity index (χ3v) is 3.51. The van der Waals surface area contributed by atoms with Crippen molar-refractivity contribution in [2.45, 2.75) is 13.3 Å². The molecule has 0 radical (unpaired) electrons. The van der Waals surface area contributed by atoms with E-state index in [0.717, 1.165) is 0 Å². The molecule has 0 spiro atoms. The zero-order valence-corrected chi connectivity index (χ0v) is 10.6. The van der Waals surface area contributed by atoms with Crippen molar-refractivity contribution in [3.63, 3.8) is 0 Å². The van der Waals surface area contributed by atoms with Crippen LogP contribution in [0.5, 0.6) is 0 Å². The number of carbonyl (C=O) groups excluding carboxylic acids is 1. The highest BCUT2D eigenvalue weighted by Crippen LogP contribution is 2.34. The number of carboxylic acids is 1. The maximum atomic E-state index is 11.4. The number of carboxylic acid groups (broad SMARTS) is 1. The molecule has 1 aliphatic heterocycles. The van der Waals surface area contributed by atoms with Gasteiger partial charge < -0.3 is 21.5 Å². The van der Waals surface area contributed by atoms with E-state index in [1.165, 1.54) is 12.3 Å². The molecule has 1 amide bonds. The summed E-state index contributed by atoms with van der Waals surface area (Å²) in [6.45, 7) is 2.85. The highest BCUT2D eigenvalue weighted by molar-refractivity contribution is 5.89. The molecule has 1 atom stereocenters. The van der Waals surface area contributed by atoms with Crippen molar-refractivity contribution in [3.05, 3.63) is 17.8 Å². The van der Waals surface area contributed by atoms with Crippen molar-refractivity contribution in [1.29, 1.82) is 0 Å². The zero-order valence-electron chi connectivity index (χ0n) is 10.6. The van der Waals surface area contributed by atoms with Crippen LogP contribution in [0.25, 0.3) is 0 Å². The Kier molecular flexibility index (Phi) is 3.05. The fraction of sp³-hybridized carbons (Fsp3) is 0.417. The zero-order chi connectivity index (χ0) is 14.2. The predicted molar refractivity (Wildman–Crippen MR) is 69.7 cm³/mol. The van der Waals surface area contributed by atoms with E-state index in [-0.39, 0.29) is 17.2 Å². The van der Waals surface area contributed by atoms with Crippen molar-refractivity contribution in [2.24, 2.45) is 11.1 Å². The van der Waals surface area contributed by atoms with Gasteiger partial charge in [-0.15, -0.1) is 0 Å². The molecule has 7 heteroatoms. The van der Waals surface area contributed by atoms with Gasteiger partial charge in [-0.1, -0.05) is 0 Å². The first-order valence-corrected chi connectivity index (χ1v) is 5.87. The molecule has 5 N–H and O–H groups in total. The lowest BCUT2D eigenvalue weighted by Crippen LogP contribution is -2.37. The molecule has 1 saturated heterocycles. The lowest BCUT2D eigenvalue weighted by molar-refractivity contribution is -0.125. The monoisotopic (exact) mass is 264 g/mol. The minimum Gasteiger partial charge on any atom is -0.478 e. The fourth-order valence-electron chi connectivity index (χ4n) is 2.20. The van der Waals surface area contributed by atoms with Crippen LogP contribution < -0.4 is 16.4 Å². The first kappa shape index (κ1) is 13.1. The highest BCUT2D eigenvalue weighted by atomic mass is 16.4. The molecular formula is C12H16N4O3. The summed E-state index contributed by atoms with van der Waals surface area (Å²) in [6, 6.07) is 1.37. The summed E-state index contributed by atoms with van der Waals surface area (Å²) in [5.74, 6) is -0.931. The highest BCUT2D eigenvalue weighted by Gasteiger charge is 2.39. The number of aromatic nitrogens is 1. The van der Waals surface area contributed by atoms with E-state index in [1.807, 2.05) is 4.90 Å². The summed E-state index contributed by atoms with van der Waals surface area (Å²) in [5.41, 5.74) is 10.9. The van der Waals surface area contributed by atoms with Crippen LogP contribution in [0.3, 0.4) is 0 Å². The van der Waals surface area contributed by atoms with Gasteiger partial charge in [0.15, 0.2) is 5.82 Å². The van der Waals surface area contributed by atoms with Gasteiger partial charge in [0.1, 0.15) is 0 Å². The standard InChI is InChI=1S/C12H16N4O3/c1-12(11(14)19)2-3-16(6-12)9-8(13)4-7(5-15-9)10(17)18/h4-5H,2-3,6,13H2,1H3,(H2,14,19)(H,17,18). The summed E-state index contributed by atoms with van der Waals surface area (Å²) in [4.78, 5) is 28.1. The number of aromatic carboxylic acids is 1. The number of rotatable bonds is 3. The quantitative estimate of drug-likeness (QED) is 0.709. The van der Waals surface area contributed by atoms with E-state index in [2.05, 4.69) is 4.98 Å². The Morgan fingerprint density at radius 3 is 2.68 bits per heavy atom. The number of nitrogens with two attached hydrogens (primary N) is 2. The Hall–Kier alpha value is -2.31. The number of pyridine rings is 1. The molecule has 102 valence electrons. The van der Waals surface area contributed by atoms with Crippen molar-refractivity contribution in [3.8, 4) is 0 Å².